The van der Waals surface area contributed by atoms with Gasteiger partial charge in [0.25, 0.3) is 0 Å². The first-order valence-electron chi connectivity index (χ1n) is 5.40. The van der Waals surface area contributed by atoms with Crippen LogP contribution in [0.3, 0.4) is 0 Å². The first-order valence-corrected chi connectivity index (χ1v) is 7.13. The SMILES string of the molecule is C=C(OCC)[Si](OCC)(OCC)OCC. The molecule has 4 nitrogen and oxygen atoms in total. The molecule has 0 aromatic rings. The minimum absolute atomic E-state index is 0.496. The Kier molecular flexibility index (Phi) is 7.68. The minimum Gasteiger partial charge on any atom is -0.495 e. The van der Waals surface area contributed by atoms with Gasteiger partial charge in [-0.2, -0.15) is 0 Å². The van der Waals surface area contributed by atoms with Gasteiger partial charge in [-0.05, 0) is 27.7 Å². The third-order valence-corrected chi connectivity index (χ3v) is 4.50. The van der Waals surface area contributed by atoms with Gasteiger partial charge in [0, 0.05) is 19.8 Å². The van der Waals surface area contributed by atoms with Crippen LogP contribution in [-0.4, -0.2) is 35.2 Å². The fourth-order valence-corrected chi connectivity index (χ4v) is 3.39. The van der Waals surface area contributed by atoms with Crippen LogP contribution in [0.4, 0.5) is 0 Å². The number of hydrogen-bond acceptors (Lipinski definition) is 4. The molecule has 0 aromatic heterocycles. The van der Waals surface area contributed by atoms with Crippen molar-refractivity contribution in [1.82, 2.24) is 0 Å². The highest BCUT2D eigenvalue weighted by atomic mass is 28.4. The fourth-order valence-electron chi connectivity index (χ4n) is 1.20. The molecule has 0 rings (SSSR count). The molecule has 0 heterocycles. The van der Waals surface area contributed by atoms with Crippen molar-refractivity contribution in [3.63, 3.8) is 0 Å². The molecule has 0 radical (unpaired) electrons. The lowest BCUT2D eigenvalue weighted by atomic mass is 10.9. The molecule has 15 heavy (non-hydrogen) atoms. The van der Waals surface area contributed by atoms with Gasteiger partial charge < -0.3 is 18.0 Å². The van der Waals surface area contributed by atoms with Crippen molar-refractivity contribution < 1.29 is 18.0 Å². The van der Waals surface area contributed by atoms with Gasteiger partial charge >= 0.3 is 8.80 Å². The maximum Gasteiger partial charge on any atom is 0.573 e. The monoisotopic (exact) mass is 234 g/mol. The topological polar surface area (TPSA) is 36.9 Å². The van der Waals surface area contributed by atoms with E-state index in [9.17, 15) is 0 Å². The normalized spacial score (nSPS) is 11.5. The lowest BCUT2D eigenvalue weighted by Gasteiger charge is -2.29. The van der Waals surface area contributed by atoms with Crippen LogP contribution in [0, 0.1) is 0 Å². The van der Waals surface area contributed by atoms with E-state index >= 15 is 0 Å². The van der Waals surface area contributed by atoms with Crippen LogP contribution in [0.25, 0.3) is 0 Å². The highest BCUT2D eigenvalue weighted by molar-refractivity contribution is 6.68. The highest BCUT2D eigenvalue weighted by Gasteiger charge is 2.46. The molecule has 0 aliphatic carbocycles. The molecule has 0 saturated carbocycles. The summed E-state index contributed by atoms with van der Waals surface area (Å²) in [5, 5.41) is 0.496. The summed E-state index contributed by atoms with van der Waals surface area (Å²) in [4.78, 5) is 0. The van der Waals surface area contributed by atoms with E-state index in [0.29, 0.717) is 31.8 Å². The number of hydrogen-bond donors (Lipinski definition) is 0. The van der Waals surface area contributed by atoms with Crippen molar-refractivity contribution in [2.24, 2.45) is 0 Å². The summed E-state index contributed by atoms with van der Waals surface area (Å²) in [7, 11) is -2.84. The molecule has 0 aliphatic heterocycles. The van der Waals surface area contributed by atoms with E-state index in [4.69, 9.17) is 18.0 Å². The van der Waals surface area contributed by atoms with Gasteiger partial charge in [0.15, 0.2) is 5.38 Å². The largest absolute Gasteiger partial charge is 0.573 e. The first kappa shape index (κ1) is 14.6. The second-order valence-electron chi connectivity index (χ2n) is 2.71. The van der Waals surface area contributed by atoms with Gasteiger partial charge in [0.05, 0.1) is 6.61 Å². The van der Waals surface area contributed by atoms with Crippen molar-refractivity contribution in [2.75, 3.05) is 26.4 Å². The standard InChI is InChI=1S/C10H22O4Si/c1-6-11-10(5)15(12-7-2,13-8-3)14-9-4/h5-9H2,1-4H3. The average molecular weight is 234 g/mol. The van der Waals surface area contributed by atoms with Crippen molar-refractivity contribution in [2.45, 2.75) is 27.7 Å². The smallest absolute Gasteiger partial charge is 0.495 e. The Labute approximate surface area is 93.5 Å². The predicted octanol–water partition coefficient (Wildman–Crippen LogP) is 2.12. The molecule has 0 atom stereocenters. The third kappa shape index (κ3) is 4.34. The predicted molar refractivity (Wildman–Crippen MR) is 61.4 cm³/mol. The summed E-state index contributed by atoms with van der Waals surface area (Å²) in [6.45, 7) is 13.6. The van der Waals surface area contributed by atoms with Gasteiger partial charge in [-0.25, -0.2) is 0 Å². The van der Waals surface area contributed by atoms with Crippen LogP contribution in [-0.2, 0) is 18.0 Å². The van der Waals surface area contributed by atoms with Gasteiger partial charge in [0.2, 0.25) is 0 Å². The van der Waals surface area contributed by atoms with Crippen LogP contribution >= 0.6 is 0 Å². The molecule has 0 saturated heterocycles. The molecule has 0 fully saturated rings. The van der Waals surface area contributed by atoms with E-state index in [0.717, 1.165) is 0 Å². The molecule has 0 amide bonds. The molecule has 90 valence electrons. The fraction of sp³-hybridized carbons (Fsp3) is 0.800. The van der Waals surface area contributed by atoms with Crippen molar-refractivity contribution in [3.05, 3.63) is 12.0 Å². The first-order chi connectivity index (χ1) is 7.16. The van der Waals surface area contributed by atoms with Crippen molar-refractivity contribution in [1.29, 1.82) is 0 Å². The minimum atomic E-state index is -2.84. The third-order valence-electron chi connectivity index (χ3n) is 1.66. The molecule has 0 aromatic carbocycles. The van der Waals surface area contributed by atoms with E-state index in [2.05, 4.69) is 6.58 Å². The Morgan fingerprint density at radius 1 is 0.867 bits per heavy atom. The Balaban J connectivity index is 4.65. The maximum atomic E-state index is 5.59. The lowest BCUT2D eigenvalue weighted by molar-refractivity contribution is 0.0583. The summed E-state index contributed by atoms with van der Waals surface area (Å²) in [5.41, 5.74) is 0. The van der Waals surface area contributed by atoms with Crippen molar-refractivity contribution >= 4 is 8.80 Å². The Hall–Kier alpha value is -0.363. The number of rotatable bonds is 9. The summed E-state index contributed by atoms with van der Waals surface area (Å²) < 4.78 is 22.1. The lowest BCUT2D eigenvalue weighted by Crippen LogP contribution is -2.48. The van der Waals surface area contributed by atoms with Gasteiger partial charge in [0.1, 0.15) is 0 Å². The summed E-state index contributed by atoms with van der Waals surface area (Å²) in [6.07, 6.45) is 0. The van der Waals surface area contributed by atoms with Gasteiger partial charge in [-0.1, -0.05) is 6.58 Å². The molecule has 0 aliphatic rings. The molecular formula is C10H22O4Si. The molecular weight excluding hydrogens is 212 g/mol. The zero-order valence-electron chi connectivity index (χ0n) is 10.2. The molecule has 0 spiro atoms. The molecule has 0 bridgehead atoms. The van der Waals surface area contributed by atoms with E-state index in [1.807, 2.05) is 27.7 Å². The highest BCUT2D eigenvalue weighted by Crippen LogP contribution is 2.19. The second-order valence-corrected chi connectivity index (χ2v) is 5.25. The van der Waals surface area contributed by atoms with E-state index in [1.165, 1.54) is 0 Å². The maximum absolute atomic E-state index is 5.59. The Bertz CT molecular complexity index is 167. The summed E-state index contributed by atoms with van der Waals surface area (Å²) in [6, 6.07) is 0. The summed E-state index contributed by atoms with van der Waals surface area (Å²) >= 11 is 0. The number of ether oxygens (including phenoxy) is 1. The van der Waals surface area contributed by atoms with Gasteiger partial charge in [-0.15, -0.1) is 0 Å². The van der Waals surface area contributed by atoms with Gasteiger partial charge in [-0.3, -0.25) is 0 Å². The Morgan fingerprint density at radius 3 is 1.53 bits per heavy atom. The quantitative estimate of drug-likeness (QED) is 0.452. The van der Waals surface area contributed by atoms with E-state index < -0.39 is 8.80 Å². The summed E-state index contributed by atoms with van der Waals surface area (Å²) in [5.74, 6) is 0. The average Bonchev–Trinajstić information content (AvgIpc) is 2.19. The molecule has 5 heteroatoms. The van der Waals surface area contributed by atoms with Crippen LogP contribution in [0.5, 0.6) is 0 Å². The molecule has 0 N–H and O–H groups in total. The zero-order chi connectivity index (χ0) is 11.7. The Morgan fingerprint density at radius 2 is 1.27 bits per heavy atom. The van der Waals surface area contributed by atoms with Crippen LogP contribution in [0.1, 0.15) is 27.7 Å². The molecule has 0 unspecified atom stereocenters. The van der Waals surface area contributed by atoms with Crippen LogP contribution < -0.4 is 0 Å². The second kappa shape index (κ2) is 7.87. The zero-order valence-corrected chi connectivity index (χ0v) is 11.2. The van der Waals surface area contributed by atoms with E-state index in [-0.39, 0.29) is 0 Å². The van der Waals surface area contributed by atoms with Crippen LogP contribution in [0.2, 0.25) is 0 Å². The van der Waals surface area contributed by atoms with Crippen LogP contribution in [0.15, 0.2) is 12.0 Å². The van der Waals surface area contributed by atoms with Crippen molar-refractivity contribution in [3.8, 4) is 0 Å². The van der Waals surface area contributed by atoms with E-state index in [1.54, 1.807) is 0 Å².